The number of nitrogens with zero attached hydrogens (tertiary/aromatic N) is 2. The Morgan fingerprint density at radius 2 is 1.84 bits per heavy atom. The summed E-state index contributed by atoms with van der Waals surface area (Å²) in [5, 5.41) is 3.14. The molecule has 25 heavy (non-hydrogen) atoms. The molecule has 0 fully saturated rings. The van der Waals surface area contributed by atoms with Gasteiger partial charge < -0.3 is 9.87 Å². The van der Waals surface area contributed by atoms with Crippen molar-refractivity contribution in [2.45, 2.75) is 11.1 Å². The van der Waals surface area contributed by atoms with Crippen LogP contribution in [0.25, 0.3) is 10.9 Å². The first kappa shape index (κ1) is 17.8. The fourth-order valence-corrected chi connectivity index (χ4v) is 3.04. The third-order valence-electron chi connectivity index (χ3n) is 3.28. The Hall–Kier alpha value is -2.04. The Morgan fingerprint density at radius 3 is 2.44 bits per heavy atom. The molecular weight excluding hydrogens is 423 g/mol. The Morgan fingerprint density at radius 1 is 1.16 bits per heavy atom. The summed E-state index contributed by atoms with van der Waals surface area (Å²) < 4.78 is 58.6. The Kier molecular flexibility index (Phi) is 4.76. The summed E-state index contributed by atoms with van der Waals surface area (Å²) in [7, 11) is 0. The number of hydrogen-bond acceptors (Lipinski definition) is 4. The molecule has 0 spiro atoms. The zero-order valence-electron chi connectivity index (χ0n) is 12.2. The smallest absolute Gasteiger partial charge is 0.324 e. The lowest BCUT2D eigenvalue weighted by Crippen LogP contribution is -2.05. The van der Waals surface area contributed by atoms with Crippen molar-refractivity contribution in [3.05, 3.63) is 52.6 Å². The topological polar surface area (TPSA) is 75.1 Å². The second-order valence-electron chi connectivity index (χ2n) is 4.99. The van der Waals surface area contributed by atoms with Crippen LogP contribution >= 0.6 is 15.9 Å². The Balaban J connectivity index is 1.93. The fourth-order valence-electron chi connectivity index (χ4n) is 2.11. The minimum atomic E-state index is -4.46. The lowest BCUT2D eigenvalue weighted by molar-refractivity contribution is -0.137. The number of halogens is 4. The number of rotatable bonds is 3. The molecule has 0 aliphatic rings. The number of alkyl halides is 3. The van der Waals surface area contributed by atoms with Gasteiger partial charge in [-0.05, 0) is 52.3 Å². The van der Waals surface area contributed by atoms with Crippen molar-refractivity contribution in [1.82, 2.24) is 9.97 Å². The van der Waals surface area contributed by atoms with E-state index in [1.165, 1.54) is 18.3 Å². The minimum absolute atomic E-state index is 0.186. The molecule has 10 heteroatoms. The molecule has 1 atom stereocenters. The number of hydrogen-bond donors (Lipinski definition) is 2. The molecule has 1 aromatic heterocycles. The maximum atomic E-state index is 12.8. The molecule has 0 saturated heterocycles. The average molecular weight is 432 g/mol. The molecule has 130 valence electrons. The van der Waals surface area contributed by atoms with E-state index in [9.17, 15) is 17.4 Å². The molecule has 0 aliphatic carbocycles. The van der Waals surface area contributed by atoms with E-state index in [0.29, 0.717) is 11.2 Å². The molecular formula is C15H9BrF3N3O2S. The van der Waals surface area contributed by atoms with E-state index in [0.717, 1.165) is 12.1 Å². The number of nitrogens with one attached hydrogen (secondary N) is 1. The van der Waals surface area contributed by atoms with E-state index in [2.05, 4.69) is 31.2 Å². The van der Waals surface area contributed by atoms with Crippen molar-refractivity contribution in [3.8, 4) is 0 Å². The van der Waals surface area contributed by atoms with Crippen molar-refractivity contribution >= 4 is 49.5 Å². The van der Waals surface area contributed by atoms with Gasteiger partial charge in [0.1, 0.15) is 0 Å². The molecule has 0 aliphatic heterocycles. The summed E-state index contributed by atoms with van der Waals surface area (Å²) in [6.07, 6.45) is -3.16. The van der Waals surface area contributed by atoms with E-state index in [-0.39, 0.29) is 20.7 Å². The lowest BCUT2D eigenvalue weighted by Gasteiger charge is -2.10. The maximum absolute atomic E-state index is 12.8. The van der Waals surface area contributed by atoms with Crippen LogP contribution in [0.3, 0.4) is 0 Å². The third-order valence-corrected chi connectivity index (χ3v) is 4.56. The van der Waals surface area contributed by atoms with Crippen LogP contribution in [-0.4, -0.2) is 18.7 Å². The van der Waals surface area contributed by atoms with Crippen molar-refractivity contribution < 1.29 is 21.9 Å². The highest BCUT2D eigenvalue weighted by atomic mass is 79.9. The Bertz CT molecular complexity index is 965. The van der Waals surface area contributed by atoms with Gasteiger partial charge >= 0.3 is 6.18 Å². The van der Waals surface area contributed by atoms with Gasteiger partial charge in [0.15, 0.2) is 11.1 Å². The monoisotopic (exact) mass is 431 g/mol. The zero-order chi connectivity index (χ0) is 18.2. The summed E-state index contributed by atoms with van der Waals surface area (Å²) in [5.74, 6) is 0.186. The summed E-state index contributed by atoms with van der Waals surface area (Å²) >= 11 is 1.03. The number of fused-ring (bicyclic) bond motifs is 1. The SMILES string of the molecule is O=S(O)c1ccc(Nc2ncc3cc(C(F)(F)F)cc(Br)c3n2)cc1. The largest absolute Gasteiger partial charge is 0.416 e. The van der Waals surface area contributed by atoms with Gasteiger partial charge in [0.2, 0.25) is 5.95 Å². The quantitative estimate of drug-likeness (QED) is 0.586. The lowest BCUT2D eigenvalue weighted by atomic mass is 10.1. The van der Waals surface area contributed by atoms with Gasteiger partial charge in [-0.15, -0.1) is 0 Å². The predicted octanol–water partition coefficient (Wildman–Crippen LogP) is 4.74. The highest BCUT2D eigenvalue weighted by molar-refractivity contribution is 9.10. The van der Waals surface area contributed by atoms with Crippen LogP contribution in [0.1, 0.15) is 5.56 Å². The minimum Gasteiger partial charge on any atom is -0.324 e. The van der Waals surface area contributed by atoms with E-state index >= 15 is 0 Å². The van der Waals surface area contributed by atoms with Gasteiger partial charge in [-0.3, -0.25) is 0 Å². The van der Waals surface area contributed by atoms with Crippen molar-refractivity contribution in [2.75, 3.05) is 5.32 Å². The molecule has 0 amide bonds. The van der Waals surface area contributed by atoms with Crippen LogP contribution in [0.15, 0.2) is 52.0 Å². The zero-order valence-corrected chi connectivity index (χ0v) is 14.6. The van der Waals surface area contributed by atoms with Crippen molar-refractivity contribution in [3.63, 3.8) is 0 Å². The summed E-state index contributed by atoms with van der Waals surface area (Å²) in [6.45, 7) is 0. The van der Waals surface area contributed by atoms with Gasteiger partial charge in [-0.2, -0.15) is 13.2 Å². The number of aromatic nitrogens is 2. The van der Waals surface area contributed by atoms with Crippen LogP contribution in [0.5, 0.6) is 0 Å². The first-order valence-electron chi connectivity index (χ1n) is 6.75. The maximum Gasteiger partial charge on any atom is 0.416 e. The molecule has 0 saturated carbocycles. The second kappa shape index (κ2) is 6.70. The molecule has 1 unspecified atom stereocenters. The van der Waals surface area contributed by atoms with Crippen LogP contribution < -0.4 is 5.32 Å². The predicted molar refractivity (Wildman–Crippen MR) is 91.0 cm³/mol. The van der Waals surface area contributed by atoms with Crippen LogP contribution in [0, 0.1) is 0 Å². The van der Waals surface area contributed by atoms with E-state index in [1.54, 1.807) is 12.1 Å². The first-order valence-corrected chi connectivity index (χ1v) is 8.65. The second-order valence-corrected chi connectivity index (χ2v) is 6.81. The molecule has 0 radical (unpaired) electrons. The van der Waals surface area contributed by atoms with Gasteiger partial charge in [0.25, 0.3) is 0 Å². The molecule has 0 bridgehead atoms. The van der Waals surface area contributed by atoms with Gasteiger partial charge in [-0.25, -0.2) is 14.2 Å². The molecule has 5 nitrogen and oxygen atoms in total. The van der Waals surface area contributed by atoms with Gasteiger partial charge in [0, 0.05) is 21.7 Å². The Labute approximate surface area is 150 Å². The highest BCUT2D eigenvalue weighted by Crippen LogP contribution is 2.34. The van der Waals surface area contributed by atoms with Crippen LogP contribution in [-0.2, 0) is 17.3 Å². The van der Waals surface area contributed by atoms with Gasteiger partial charge in [0.05, 0.1) is 16.0 Å². The van der Waals surface area contributed by atoms with Gasteiger partial charge in [-0.1, -0.05) is 0 Å². The van der Waals surface area contributed by atoms with E-state index in [1.807, 2.05) is 0 Å². The number of benzene rings is 2. The molecule has 3 rings (SSSR count). The highest BCUT2D eigenvalue weighted by Gasteiger charge is 2.31. The molecule has 2 N–H and O–H groups in total. The van der Waals surface area contributed by atoms with Crippen molar-refractivity contribution in [1.29, 1.82) is 0 Å². The van der Waals surface area contributed by atoms with Crippen LogP contribution in [0.4, 0.5) is 24.8 Å². The fraction of sp³-hybridized carbons (Fsp3) is 0.0667. The summed E-state index contributed by atoms with van der Waals surface area (Å²) in [4.78, 5) is 8.45. The van der Waals surface area contributed by atoms with Crippen LogP contribution in [0.2, 0.25) is 0 Å². The average Bonchev–Trinajstić information content (AvgIpc) is 2.55. The molecule has 2 aromatic carbocycles. The molecule has 1 heterocycles. The normalized spacial score (nSPS) is 13.0. The standard InChI is InChI=1S/C15H9BrF3N3O2S/c16-12-6-9(15(17,18)19)5-8-7-20-14(22-13(8)12)21-10-1-3-11(4-2-10)25(23)24/h1-7H,(H,23,24)(H,20,21,22). The third kappa shape index (κ3) is 3.97. The van der Waals surface area contributed by atoms with E-state index < -0.39 is 22.8 Å². The summed E-state index contributed by atoms with van der Waals surface area (Å²) in [6, 6.07) is 8.01. The van der Waals surface area contributed by atoms with Crippen molar-refractivity contribution in [2.24, 2.45) is 0 Å². The first-order chi connectivity index (χ1) is 11.7. The van der Waals surface area contributed by atoms with E-state index in [4.69, 9.17) is 4.55 Å². The number of anilines is 2. The molecule has 3 aromatic rings. The summed E-state index contributed by atoms with van der Waals surface area (Å²) in [5.41, 5.74) is 0.110.